The average molecular weight is 446 g/mol. The van der Waals surface area contributed by atoms with Crippen LogP contribution >= 0.6 is 11.8 Å². The lowest BCUT2D eigenvalue weighted by molar-refractivity contribution is -0.127. The van der Waals surface area contributed by atoms with E-state index in [2.05, 4.69) is 15.2 Å². The molecule has 0 N–H and O–H groups in total. The summed E-state index contributed by atoms with van der Waals surface area (Å²) in [6, 6.07) is 21.4. The predicted molar refractivity (Wildman–Crippen MR) is 125 cm³/mol. The minimum atomic E-state index is 0.00546. The molecule has 0 fully saturated rings. The van der Waals surface area contributed by atoms with Gasteiger partial charge in [0.25, 0.3) is 0 Å². The van der Waals surface area contributed by atoms with E-state index in [4.69, 9.17) is 4.74 Å². The van der Waals surface area contributed by atoms with Crippen LogP contribution in [0.5, 0.6) is 5.75 Å². The van der Waals surface area contributed by atoms with E-state index in [0.29, 0.717) is 17.5 Å². The van der Waals surface area contributed by atoms with E-state index >= 15 is 0 Å². The molecule has 4 aromatic rings. The molecule has 0 aliphatic heterocycles. The largest absolute Gasteiger partial charge is 0.497 e. The summed E-state index contributed by atoms with van der Waals surface area (Å²) in [6.07, 6.45) is 3.45. The van der Waals surface area contributed by atoms with Gasteiger partial charge in [0.15, 0.2) is 11.0 Å². The third-order valence-electron chi connectivity index (χ3n) is 4.89. The summed E-state index contributed by atoms with van der Waals surface area (Å²) in [4.78, 5) is 18.6. The van der Waals surface area contributed by atoms with E-state index < -0.39 is 0 Å². The van der Waals surface area contributed by atoms with Gasteiger partial charge in [0, 0.05) is 37.2 Å². The number of amides is 1. The zero-order chi connectivity index (χ0) is 22.3. The highest BCUT2D eigenvalue weighted by Gasteiger charge is 2.18. The van der Waals surface area contributed by atoms with Crippen LogP contribution in [0.3, 0.4) is 0 Å². The molecule has 8 heteroatoms. The highest BCUT2D eigenvalue weighted by molar-refractivity contribution is 7.99. The Kier molecular flexibility index (Phi) is 6.81. The van der Waals surface area contributed by atoms with Crippen molar-refractivity contribution in [3.63, 3.8) is 0 Å². The molecule has 1 amide bonds. The minimum Gasteiger partial charge on any atom is -0.497 e. The lowest BCUT2D eigenvalue weighted by Crippen LogP contribution is -2.27. The molecule has 32 heavy (non-hydrogen) atoms. The van der Waals surface area contributed by atoms with Gasteiger partial charge in [0.05, 0.1) is 12.9 Å². The van der Waals surface area contributed by atoms with Gasteiger partial charge in [-0.3, -0.25) is 14.3 Å². The predicted octanol–water partition coefficient (Wildman–Crippen LogP) is 4.09. The summed E-state index contributed by atoms with van der Waals surface area (Å²) in [6.45, 7) is 0.504. The molecular weight excluding hydrogens is 422 g/mol. The number of carbonyl (C=O) groups excluding carboxylic acids is 1. The Morgan fingerprint density at radius 1 is 1.03 bits per heavy atom. The lowest BCUT2D eigenvalue weighted by atomic mass is 10.2. The highest BCUT2D eigenvalue weighted by atomic mass is 32.2. The average Bonchev–Trinajstić information content (AvgIpc) is 3.27. The quantitative estimate of drug-likeness (QED) is 0.381. The number of benzene rings is 2. The first-order chi connectivity index (χ1) is 15.7. The SMILES string of the molecule is COc1cccc(CN(C)C(=O)CSc2nnc(-c3ccncc3)n2-c2ccccc2)c1. The number of para-hydroxylation sites is 1. The van der Waals surface area contributed by atoms with Crippen molar-refractivity contribution >= 4 is 17.7 Å². The molecule has 2 heterocycles. The van der Waals surface area contributed by atoms with Crippen molar-refractivity contribution in [1.29, 1.82) is 0 Å². The van der Waals surface area contributed by atoms with Crippen molar-refractivity contribution in [1.82, 2.24) is 24.6 Å². The summed E-state index contributed by atoms with van der Waals surface area (Å²) >= 11 is 1.37. The molecule has 0 radical (unpaired) electrons. The second-order valence-electron chi connectivity index (χ2n) is 7.10. The number of rotatable bonds is 8. The van der Waals surface area contributed by atoms with Crippen LogP contribution in [0.1, 0.15) is 5.56 Å². The summed E-state index contributed by atoms with van der Waals surface area (Å²) in [7, 11) is 3.43. The molecule has 0 atom stereocenters. The van der Waals surface area contributed by atoms with Gasteiger partial charge in [-0.15, -0.1) is 10.2 Å². The summed E-state index contributed by atoms with van der Waals surface area (Å²) in [5.41, 5.74) is 2.85. The van der Waals surface area contributed by atoms with Crippen LogP contribution < -0.4 is 4.74 Å². The standard InChI is InChI=1S/C24H23N5O2S/c1-28(16-18-7-6-10-21(15-18)31-2)22(30)17-32-24-27-26-23(19-11-13-25-14-12-19)29(24)20-8-4-3-5-9-20/h3-15H,16-17H2,1-2H3. The molecule has 2 aromatic carbocycles. The van der Waals surface area contributed by atoms with Crippen molar-refractivity contribution in [3.8, 4) is 22.8 Å². The van der Waals surface area contributed by atoms with Crippen LogP contribution in [0.15, 0.2) is 84.3 Å². The number of nitrogens with zero attached hydrogens (tertiary/aromatic N) is 5. The third-order valence-corrected chi connectivity index (χ3v) is 5.80. The smallest absolute Gasteiger partial charge is 0.233 e. The van der Waals surface area contributed by atoms with Gasteiger partial charge in [-0.25, -0.2) is 0 Å². The zero-order valence-electron chi connectivity index (χ0n) is 17.9. The van der Waals surface area contributed by atoms with Gasteiger partial charge < -0.3 is 9.64 Å². The summed E-state index contributed by atoms with van der Waals surface area (Å²) in [5, 5.41) is 9.43. The van der Waals surface area contributed by atoms with Crippen LogP contribution in [-0.4, -0.2) is 50.5 Å². The van der Waals surface area contributed by atoms with Crippen molar-refractivity contribution in [2.75, 3.05) is 19.9 Å². The number of carbonyl (C=O) groups is 1. The van der Waals surface area contributed by atoms with Crippen LogP contribution in [0, 0.1) is 0 Å². The number of hydrogen-bond acceptors (Lipinski definition) is 6. The maximum Gasteiger partial charge on any atom is 0.233 e. The molecule has 0 unspecified atom stereocenters. The highest BCUT2D eigenvalue weighted by Crippen LogP contribution is 2.28. The number of ether oxygens (including phenoxy) is 1. The van der Waals surface area contributed by atoms with Gasteiger partial charge >= 0.3 is 0 Å². The van der Waals surface area contributed by atoms with Gasteiger partial charge in [0.1, 0.15) is 5.75 Å². The van der Waals surface area contributed by atoms with Gasteiger partial charge in [-0.1, -0.05) is 42.1 Å². The summed E-state index contributed by atoms with van der Waals surface area (Å²) < 4.78 is 7.23. The van der Waals surface area contributed by atoms with Crippen LogP contribution in [-0.2, 0) is 11.3 Å². The maximum absolute atomic E-state index is 12.8. The molecule has 0 saturated carbocycles. The minimum absolute atomic E-state index is 0.00546. The zero-order valence-corrected chi connectivity index (χ0v) is 18.7. The Morgan fingerprint density at radius 2 is 1.81 bits per heavy atom. The number of pyridine rings is 1. The van der Waals surface area contributed by atoms with Crippen molar-refractivity contribution in [2.24, 2.45) is 0 Å². The number of methoxy groups -OCH3 is 1. The molecule has 162 valence electrons. The van der Waals surface area contributed by atoms with E-state index in [0.717, 1.165) is 22.6 Å². The fraction of sp³-hybridized carbons (Fsp3) is 0.167. The Bertz CT molecular complexity index is 1180. The topological polar surface area (TPSA) is 73.1 Å². The van der Waals surface area contributed by atoms with Crippen LogP contribution in [0.4, 0.5) is 0 Å². The van der Waals surface area contributed by atoms with Gasteiger partial charge in [0.2, 0.25) is 5.91 Å². The Labute approximate surface area is 191 Å². The first-order valence-corrected chi connectivity index (χ1v) is 11.0. The molecule has 0 aliphatic carbocycles. The van der Waals surface area contributed by atoms with Crippen LogP contribution in [0.25, 0.3) is 17.1 Å². The van der Waals surface area contributed by atoms with E-state index in [1.165, 1.54) is 11.8 Å². The van der Waals surface area contributed by atoms with E-state index in [1.54, 1.807) is 31.5 Å². The Hall–Kier alpha value is -3.65. The van der Waals surface area contributed by atoms with Gasteiger partial charge in [-0.2, -0.15) is 0 Å². The van der Waals surface area contributed by atoms with Gasteiger partial charge in [-0.05, 0) is 42.0 Å². The van der Waals surface area contributed by atoms with Crippen molar-refractivity contribution in [3.05, 3.63) is 84.7 Å². The fourth-order valence-electron chi connectivity index (χ4n) is 3.23. The first-order valence-electron chi connectivity index (χ1n) is 10.1. The van der Waals surface area contributed by atoms with E-state index in [-0.39, 0.29) is 11.7 Å². The molecule has 4 rings (SSSR count). The first kappa shape index (κ1) is 21.6. The molecular formula is C24H23N5O2S. The molecule has 0 bridgehead atoms. The number of hydrogen-bond donors (Lipinski definition) is 0. The van der Waals surface area contributed by atoms with Crippen molar-refractivity contribution in [2.45, 2.75) is 11.7 Å². The summed E-state index contributed by atoms with van der Waals surface area (Å²) in [5.74, 6) is 1.74. The Morgan fingerprint density at radius 3 is 2.56 bits per heavy atom. The third kappa shape index (κ3) is 4.97. The molecule has 2 aromatic heterocycles. The number of aromatic nitrogens is 4. The molecule has 0 spiro atoms. The second-order valence-corrected chi connectivity index (χ2v) is 8.05. The number of thioether (sulfide) groups is 1. The molecule has 0 aliphatic rings. The molecule has 7 nitrogen and oxygen atoms in total. The normalized spacial score (nSPS) is 10.7. The van der Waals surface area contributed by atoms with E-state index in [9.17, 15) is 4.79 Å². The monoisotopic (exact) mass is 445 g/mol. The Balaban J connectivity index is 1.51. The lowest BCUT2D eigenvalue weighted by Gasteiger charge is -2.17. The fourth-order valence-corrected chi connectivity index (χ4v) is 4.12. The molecule has 0 saturated heterocycles. The maximum atomic E-state index is 12.8. The van der Waals surface area contributed by atoms with Crippen molar-refractivity contribution < 1.29 is 9.53 Å². The van der Waals surface area contributed by atoms with E-state index in [1.807, 2.05) is 71.3 Å². The van der Waals surface area contributed by atoms with Crippen LogP contribution in [0.2, 0.25) is 0 Å². The second kappa shape index (κ2) is 10.1.